The van der Waals surface area contributed by atoms with E-state index in [1.165, 1.54) is 7.11 Å². The van der Waals surface area contributed by atoms with Crippen molar-refractivity contribution in [1.82, 2.24) is 0 Å². The number of ether oxygens (including phenoxy) is 1. The highest BCUT2D eigenvalue weighted by Crippen LogP contribution is 2.28. The van der Waals surface area contributed by atoms with Crippen LogP contribution in [0.4, 0.5) is 4.39 Å². The second-order valence-corrected chi connectivity index (χ2v) is 3.79. The van der Waals surface area contributed by atoms with Crippen molar-refractivity contribution in [1.29, 1.82) is 0 Å². The van der Waals surface area contributed by atoms with Crippen LogP contribution in [0.1, 0.15) is 12.0 Å². The zero-order valence-corrected chi connectivity index (χ0v) is 9.60. The van der Waals surface area contributed by atoms with Crippen LogP contribution in [-0.2, 0) is 6.42 Å². The zero-order valence-electron chi connectivity index (χ0n) is 8.02. The largest absolute Gasteiger partial charge is 0.496 e. The van der Waals surface area contributed by atoms with Gasteiger partial charge in [-0.05, 0) is 47.4 Å². The maximum absolute atomic E-state index is 13.6. The maximum atomic E-state index is 13.6. The number of benzene rings is 1. The molecule has 0 saturated heterocycles. The Morgan fingerprint density at radius 2 is 2.21 bits per heavy atom. The molecule has 0 bridgehead atoms. The molecule has 0 radical (unpaired) electrons. The minimum atomic E-state index is -0.252. The fourth-order valence-corrected chi connectivity index (χ4v) is 1.65. The van der Waals surface area contributed by atoms with Crippen LogP contribution in [0.15, 0.2) is 16.6 Å². The summed E-state index contributed by atoms with van der Waals surface area (Å²) < 4.78 is 19.1. The summed E-state index contributed by atoms with van der Waals surface area (Å²) in [5, 5.41) is 0. The Hall–Kier alpha value is -0.610. The van der Waals surface area contributed by atoms with E-state index in [9.17, 15) is 4.39 Å². The van der Waals surface area contributed by atoms with Gasteiger partial charge in [-0.3, -0.25) is 0 Å². The van der Waals surface area contributed by atoms with Crippen LogP contribution in [0.25, 0.3) is 0 Å². The number of hydrogen-bond acceptors (Lipinski definition) is 2. The summed E-state index contributed by atoms with van der Waals surface area (Å²) in [4.78, 5) is 0. The molecule has 4 heteroatoms. The predicted molar refractivity (Wildman–Crippen MR) is 58.0 cm³/mol. The van der Waals surface area contributed by atoms with Crippen molar-refractivity contribution in [3.05, 3.63) is 28.0 Å². The molecule has 0 aliphatic carbocycles. The summed E-state index contributed by atoms with van der Waals surface area (Å²) in [6.07, 6.45) is 1.36. The maximum Gasteiger partial charge on any atom is 0.144 e. The summed E-state index contributed by atoms with van der Waals surface area (Å²) in [6, 6.07) is 3.39. The van der Waals surface area contributed by atoms with Crippen molar-refractivity contribution in [3.63, 3.8) is 0 Å². The molecule has 0 aliphatic rings. The van der Waals surface area contributed by atoms with Gasteiger partial charge in [0, 0.05) is 5.56 Å². The van der Waals surface area contributed by atoms with Crippen molar-refractivity contribution in [3.8, 4) is 5.75 Å². The molecule has 1 aromatic rings. The first-order valence-corrected chi connectivity index (χ1v) is 5.21. The topological polar surface area (TPSA) is 35.2 Å². The van der Waals surface area contributed by atoms with E-state index < -0.39 is 0 Å². The molecule has 0 heterocycles. The quantitative estimate of drug-likeness (QED) is 0.904. The van der Waals surface area contributed by atoms with E-state index in [1.54, 1.807) is 12.1 Å². The number of halogens is 2. The van der Waals surface area contributed by atoms with Gasteiger partial charge in [-0.2, -0.15) is 0 Å². The first-order valence-electron chi connectivity index (χ1n) is 4.41. The molecule has 14 heavy (non-hydrogen) atoms. The molecule has 0 unspecified atom stereocenters. The van der Waals surface area contributed by atoms with Gasteiger partial charge in [-0.25, -0.2) is 4.39 Å². The molecular formula is C10H13BrFNO. The highest BCUT2D eigenvalue weighted by atomic mass is 79.9. The second-order valence-electron chi connectivity index (χ2n) is 2.93. The third kappa shape index (κ3) is 2.45. The fourth-order valence-electron chi connectivity index (χ4n) is 1.28. The minimum Gasteiger partial charge on any atom is -0.496 e. The van der Waals surface area contributed by atoms with Crippen LogP contribution >= 0.6 is 15.9 Å². The lowest BCUT2D eigenvalue weighted by molar-refractivity contribution is 0.403. The molecule has 0 aliphatic heterocycles. The van der Waals surface area contributed by atoms with Crippen molar-refractivity contribution in [2.45, 2.75) is 12.8 Å². The zero-order chi connectivity index (χ0) is 10.6. The molecule has 0 fully saturated rings. The number of rotatable bonds is 4. The minimum absolute atomic E-state index is 0.252. The molecule has 2 nitrogen and oxygen atoms in total. The summed E-state index contributed by atoms with van der Waals surface area (Å²) in [5.41, 5.74) is 5.97. The van der Waals surface area contributed by atoms with Crippen molar-refractivity contribution < 1.29 is 9.13 Å². The molecule has 78 valence electrons. The lowest BCUT2D eigenvalue weighted by atomic mass is 10.1. The Morgan fingerprint density at radius 1 is 1.50 bits per heavy atom. The van der Waals surface area contributed by atoms with E-state index >= 15 is 0 Å². The first kappa shape index (κ1) is 11.5. The van der Waals surface area contributed by atoms with Gasteiger partial charge in [0.2, 0.25) is 0 Å². The van der Waals surface area contributed by atoms with Crippen LogP contribution in [0.2, 0.25) is 0 Å². The van der Waals surface area contributed by atoms with Gasteiger partial charge >= 0.3 is 0 Å². The van der Waals surface area contributed by atoms with E-state index in [2.05, 4.69) is 15.9 Å². The summed E-state index contributed by atoms with van der Waals surface area (Å²) in [7, 11) is 1.54. The standard InChI is InChI=1S/C10H13BrFNO/c1-14-9-5-4-8(11)10(12)7(9)3-2-6-13/h4-5H,2-3,6,13H2,1H3. The monoisotopic (exact) mass is 261 g/mol. The van der Waals surface area contributed by atoms with Gasteiger partial charge in [-0.1, -0.05) is 0 Å². The number of hydrogen-bond donors (Lipinski definition) is 1. The first-order chi connectivity index (χ1) is 6.70. The van der Waals surface area contributed by atoms with Crippen molar-refractivity contribution >= 4 is 15.9 Å². The van der Waals surface area contributed by atoms with Gasteiger partial charge in [-0.15, -0.1) is 0 Å². The summed E-state index contributed by atoms with van der Waals surface area (Å²) in [6.45, 7) is 0.551. The van der Waals surface area contributed by atoms with E-state index in [0.717, 1.165) is 6.42 Å². The smallest absolute Gasteiger partial charge is 0.144 e. The van der Waals surface area contributed by atoms with Gasteiger partial charge in [0.15, 0.2) is 0 Å². The van der Waals surface area contributed by atoms with Crippen molar-refractivity contribution in [2.75, 3.05) is 13.7 Å². The average molecular weight is 262 g/mol. The lowest BCUT2D eigenvalue weighted by Crippen LogP contribution is -2.03. The van der Waals surface area contributed by atoms with Crippen LogP contribution in [0.3, 0.4) is 0 Å². The Balaban J connectivity index is 3.01. The van der Waals surface area contributed by atoms with Gasteiger partial charge in [0.25, 0.3) is 0 Å². The van der Waals surface area contributed by atoms with Gasteiger partial charge < -0.3 is 10.5 Å². The van der Waals surface area contributed by atoms with Crippen LogP contribution < -0.4 is 10.5 Å². The highest BCUT2D eigenvalue weighted by molar-refractivity contribution is 9.10. The van der Waals surface area contributed by atoms with Gasteiger partial charge in [0.05, 0.1) is 11.6 Å². The Bertz CT molecular complexity index is 317. The van der Waals surface area contributed by atoms with E-state index in [0.29, 0.717) is 28.8 Å². The molecular weight excluding hydrogens is 249 g/mol. The molecule has 0 atom stereocenters. The molecule has 0 amide bonds. The molecule has 0 saturated carbocycles. The van der Waals surface area contributed by atoms with Crippen LogP contribution in [0.5, 0.6) is 5.75 Å². The molecule has 0 spiro atoms. The lowest BCUT2D eigenvalue weighted by Gasteiger charge is -2.09. The third-order valence-electron chi connectivity index (χ3n) is 2.00. The third-order valence-corrected chi connectivity index (χ3v) is 2.62. The normalized spacial score (nSPS) is 10.3. The molecule has 0 aromatic heterocycles. The number of methoxy groups -OCH3 is 1. The van der Waals surface area contributed by atoms with Crippen LogP contribution in [0, 0.1) is 5.82 Å². The SMILES string of the molecule is COc1ccc(Br)c(F)c1CCCN. The van der Waals surface area contributed by atoms with E-state index in [1.807, 2.05) is 0 Å². The van der Waals surface area contributed by atoms with E-state index in [-0.39, 0.29) is 5.82 Å². The predicted octanol–water partition coefficient (Wildman–Crippen LogP) is 2.49. The molecule has 1 aromatic carbocycles. The number of nitrogens with two attached hydrogens (primary N) is 1. The second kappa shape index (κ2) is 5.32. The van der Waals surface area contributed by atoms with Crippen molar-refractivity contribution in [2.24, 2.45) is 5.73 Å². The average Bonchev–Trinajstić information content (AvgIpc) is 2.20. The Labute approximate surface area is 91.4 Å². The van der Waals surface area contributed by atoms with Crippen LogP contribution in [-0.4, -0.2) is 13.7 Å². The summed E-state index contributed by atoms with van der Waals surface area (Å²) >= 11 is 3.14. The molecule has 2 N–H and O–H groups in total. The highest BCUT2D eigenvalue weighted by Gasteiger charge is 2.11. The van der Waals surface area contributed by atoms with E-state index in [4.69, 9.17) is 10.5 Å². The molecule has 1 rings (SSSR count). The van der Waals surface area contributed by atoms with Gasteiger partial charge in [0.1, 0.15) is 11.6 Å². The fraction of sp³-hybridized carbons (Fsp3) is 0.400. The Morgan fingerprint density at radius 3 is 2.79 bits per heavy atom. The summed E-state index contributed by atoms with van der Waals surface area (Å²) in [5.74, 6) is 0.331. The Kier molecular flexibility index (Phi) is 4.35.